The summed E-state index contributed by atoms with van der Waals surface area (Å²) in [6.45, 7) is 5.65. The predicted molar refractivity (Wildman–Crippen MR) is 73.5 cm³/mol. The van der Waals surface area contributed by atoms with Crippen LogP contribution < -0.4 is 0 Å². The molecule has 3 nitrogen and oxygen atoms in total. The molecule has 1 aromatic rings. The van der Waals surface area contributed by atoms with E-state index in [1.807, 2.05) is 24.3 Å². The summed E-state index contributed by atoms with van der Waals surface area (Å²) in [5, 5.41) is -0.928. The van der Waals surface area contributed by atoms with Crippen molar-refractivity contribution in [3.63, 3.8) is 0 Å². The van der Waals surface area contributed by atoms with Gasteiger partial charge in [0.15, 0.2) is 15.6 Å². The highest BCUT2D eigenvalue weighted by molar-refractivity contribution is 7.92. The van der Waals surface area contributed by atoms with E-state index in [4.69, 9.17) is 0 Å². The Kier molecular flexibility index (Phi) is 4.68. The number of benzene rings is 1. The molecule has 0 radical (unpaired) electrons. The van der Waals surface area contributed by atoms with Crippen molar-refractivity contribution in [3.05, 3.63) is 35.4 Å². The van der Waals surface area contributed by atoms with Crippen molar-refractivity contribution >= 4 is 15.6 Å². The average molecular weight is 268 g/mol. The average Bonchev–Trinajstić information content (AvgIpc) is 2.27. The van der Waals surface area contributed by atoms with Crippen LogP contribution in [0.4, 0.5) is 0 Å². The Balaban J connectivity index is 2.77. The van der Waals surface area contributed by atoms with Crippen LogP contribution in [0.15, 0.2) is 24.3 Å². The standard InChI is InChI=1S/C14H20O3S/c1-10(2)13-7-5-12(6-8-13)9-14(15)11(3)18(4,16)17/h5-8,10-11H,9H2,1-4H3. The van der Waals surface area contributed by atoms with E-state index in [1.54, 1.807) is 0 Å². The van der Waals surface area contributed by atoms with Gasteiger partial charge in [-0.3, -0.25) is 4.79 Å². The lowest BCUT2D eigenvalue weighted by Gasteiger charge is -2.09. The Morgan fingerprint density at radius 2 is 1.61 bits per heavy atom. The van der Waals surface area contributed by atoms with Crippen LogP contribution in [-0.2, 0) is 21.1 Å². The van der Waals surface area contributed by atoms with Gasteiger partial charge < -0.3 is 0 Å². The largest absolute Gasteiger partial charge is 0.298 e. The molecule has 1 aromatic carbocycles. The summed E-state index contributed by atoms with van der Waals surface area (Å²) in [6, 6.07) is 7.75. The number of hydrogen-bond donors (Lipinski definition) is 0. The zero-order chi connectivity index (χ0) is 13.9. The number of rotatable bonds is 5. The van der Waals surface area contributed by atoms with Crippen LogP contribution in [0.2, 0.25) is 0 Å². The molecule has 0 saturated heterocycles. The molecule has 100 valence electrons. The number of carbonyl (C=O) groups excluding carboxylic acids is 1. The van der Waals surface area contributed by atoms with E-state index in [9.17, 15) is 13.2 Å². The van der Waals surface area contributed by atoms with Crippen molar-refractivity contribution < 1.29 is 13.2 Å². The lowest BCUT2D eigenvalue weighted by molar-refractivity contribution is -0.117. The van der Waals surface area contributed by atoms with Crippen molar-refractivity contribution in [1.29, 1.82) is 0 Å². The number of carbonyl (C=O) groups is 1. The van der Waals surface area contributed by atoms with E-state index >= 15 is 0 Å². The maximum Gasteiger partial charge on any atom is 0.157 e. The molecule has 0 aliphatic heterocycles. The summed E-state index contributed by atoms with van der Waals surface area (Å²) in [5.74, 6) is 0.194. The van der Waals surface area contributed by atoms with E-state index < -0.39 is 15.1 Å². The number of hydrogen-bond acceptors (Lipinski definition) is 3. The van der Waals surface area contributed by atoms with E-state index in [0.29, 0.717) is 5.92 Å². The summed E-state index contributed by atoms with van der Waals surface area (Å²) in [6.07, 6.45) is 1.27. The van der Waals surface area contributed by atoms with E-state index in [0.717, 1.165) is 11.8 Å². The fraction of sp³-hybridized carbons (Fsp3) is 0.500. The second-order valence-electron chi connectivity index (χ2n) is 5.01. The molecule has 0 fully saturated rings. The van der Waals surface area contributed by atoms with E-state index in [1.165, 1.54) is 12.5 Å². The van der Waals surface area contributed by atoms with Crippen LogP contribution in [-0.4, -0.2) is 25.7 Å². The van der Waals surface area contributed by atoms with Gasteiger partial charge in [-0.1, -0.05) is 38.1 Å². The van der Waals surface area contributed by atoms with Gasteiger partial charge in [-0.2, -0.15) is 0 Å². The third-order valence-electron chi connectivity index (χ3n) is 3.12. The van der Waals surface area contributed by atoms with Gasteiger partial charge in [0.05, 0.1) is 0 Å². The first-order valence-corrected chi connectivity index (χ1v) is 7.97. The monoisotopic (exact) mass is 268 g/mol. The van der Waals surface area contributed by atoms with Crippen molar-refractivity contribution in [1.82, 2.24) is 0 Å². The molecule has 1 atom stereocenters. The first kappa shape index (κ1) is 14.9. The zero-order valence-corrected chi connectivity index (χ0v) is 12.1. The van der Waals surface area contributed by atoms with Gasteiger partial charge in [0, 0.05) is 12.7 Å². The van der Waals surface area contributed by atoms with Gasteiger partial charge in [0.2, 0.25) is 0 Å². The molecule has 0 saturated carbocycles. The molecule has 0 aliphatic rings. The topological polar surface area (TPSA) is 51.2 Å². The maximum absolute atomic E-state index is 11.8. The van der Waals surface area contributed by atoms with Gasteiger partial charge >= 0.3 is 0 Å². The Morgan fingerprint density at radius 3 is 2.00 bits per heavy atom. The molecular weight excluding hydrogens is 248 g/mol. The summed E-state index contributed by atoms with van der Waals surface area (Å²) in [7, 11) is -3.29. The quantitative estimate of drug-likeness (QED) is 0.823. The van der Waals surface area contributed by atoms with Crippen LogP contribution in [0, 0.1) is 0 Å². The first-order chi connectivity index (χ1) is 8.21. The van der Waals surface area contributed by atoms with Crippen molar-refractivity contribution in [2.45, 2.75) is 38.4 Å². The Bertz CT molecular complexity index is 512. The van der Waals surface area contributed by atoms with Crippen LogP contribution in [0.3, 0.4) is 0 Å². The summed E-state index contributed by atoms with van der Waals surface area (Å²) >= 11 is 0. The van der Waals surface area contributed by atoms with Gasteiger partial charge in [-0.05, 0) is 24.0 Å². The normalized spacial score (nSPS) is 13.6. The number of Topliss-reactive ketones (excluding diaryl/α,β-unsaturated/α-hetero) is 1. The third kappa shape index (κ3) is 3.95. The summed E-state index contributed by atoms with van der Waals surface area (Å²) < 4.78 is 22.6. The lowest BCUT2D eigenvalue weighted by Crippen LogP contribution is -2.27. The van der Waals surface area contributed by atoms with Gasteiger partial charge in [0.25, 0.3) is 0 Å². The minimum absolute atomic E-state index is 0.173. The van der Waals surface area contributed by atoms with Crippen LogP contribution in [0.1, 0.15) is 37.8 Å². The van der Waals surface area contributed by atoms with Crippen LogP contribution >= 0.6 is 0 Å². The van der Waals surface area contributed by atoms with Crippen LogP contribution in [0.25, 0.3) is 0 Å². The first-order valence-electron chi connectivity index (χ1n) is 6.02. The molecule has 0 heterocycles. The predicted octanol–water partition coefficient (Wildman–Crippen LogP) is 2.35. The Labute approximate surface area is 109 Å². The third-order valence-corrected chi connectivity index (χ3v) is 4.67. The van der Waals surface area contributed by atoms with Gasteiger partial charge in [-0.25, -0.2) is 8.42 Å². The molecular formula is C14H20O3S. The SMILES string of the molecule is CC(C)c1ccc(CC(=O)C(C)S(C)(=O)=O)cc1. The molecule has 0 bridgehead atoms. The molecule has 0 aromatic heterocycles. The molecule has 18 heavy (non-hydrogen) atoms. The maximum atomic E-state index is 11.8. The zero-order valence-electron chi connectivity index (χ0n) is 11.3. The second-order valence-corrected chi connectivity index (χ2v) is 7.38. The van der Waals surface area contributed by atoms with E-state index in [-0.39, 0.29) is 12.2 Å². The summed E-state index contributed by atoms with van der Waals surface area (Å²) in [4.78, 5) is 11.8. The number of sulfone groups is 1. The van der Waals surface area contributed by atoms with Gasteiger partial charge in [0.1, 0.15) is 5.25 Å². The van der Waals surface area contributed by atoms with Crippen molar-refractivity contribution in [2.75, 3.05) is 6.26 Å². The fourth-order valence-corrected chi connectivity index (χ4v) is 2.16. The second kappa shape index (κ2) is 5.65. The smallest absolute Gasteiger partial charge is 0.157 e. The molecule has 1 rings (SSSR count). The highest BCUT2D eigenvalue weighted by Gasteiger charge is 2.23. The molecule has 0 aliphatic carbocycles. The molecule has 1 unspecified atom stereocenters. The van der Waals surface area contributed by atoms with Crippen molar-refractivity contribution in [2.24, 2.45) is 0 Å². The summed E-state index contributed by atoms with van der Waals surface area (Å²) in [5.41, 5.74) is 2.07. The van der Waals surface area contributed by atoms with Crippen LogP contribution in [0.5, 0.6) is 0 Å². The fourth-order valence-electron chi connectivity index (χ4n) is 1.60. The van der Waals surface area contributed by atoms with Crippen molar-refractivity contribution in [3.8, 4) is 0 Å². The number of ketones is 1. The van der Waals surface area contributed by atoms with Gasteiger partial charge in [-0.15, -0.1) is 0 Å². The molecule has 0 amide bonds. The lowest BCUT2D eigenvalue weighted by atomic mass is 10.00. The Hall–Kier alpha value is -1.16. The minimum atomic E-state index is -3.29. The Morgan fingerprint density at radius 1 is 1.11 bits per heavy atom. The minimum Gasteiger partial charge on any atom is -0.298 e. The van der Waals surface area contributed by atoms with E-state index in [2.05, 4.69) is 13.8 Å². The molecule has 4 heteroatoms. The molecule has 0 N–H and O–H groups in total. The highest BCUT2D eigenvalue weighted by Crippen LogP contribution is 2.15. The highest BCUT2D eigenvalue weighted by atomic mass is 32.2. The molecule has 0 spiro atoms.